The minimum absolute atomic E-state index is 0.948. The second-order valence-corrected chi connectivity index (χ2v) is 9.72. The molecular weight excluding hydrogens is 344 g/mol. The Labute approximate surface area is 175 Å². The first kappa shape index (κ1) is 25.1. The Kier molecular flexibility index (Phi) is 11.9. The van der Waals surface area contributed by atoms with Crippen LogP contribution in [0.15, 0.2) is 24.3 Å². The van der Waals surface area contributed by atoms with E-state index in [0.29, 0.717) is 0 Å². The van der Waals surface area contributed by atoms with E-state index in [-0.39, 0.29) is 0 Å². The SMILES string of the molecule is CN(C)CC1CCCC(CN(C)C)C1.CN(C)Cc1cccc(CN(C)C)c1. The molecule has 28 heavy (non-hydrogen) atoms. The lowest BCUT2D eigenvalue weighted by atomic mass is 9.81. The molecule has 1 aromatic rings. The van der Waals surface area contributed by atoms with Crippen molar-refractivity contribution < 1.29 is 0 Å². The predicted octanol–water partition coefficient (Wildman–Crippen LogP) is 3.73. The molecule has 4 heteroatoms. The molecule has 2 unspecified atom stereocenters. The molecule has 0 amide bonds. The largest absolute Gasteiger partial charge is 0.309 e. The second-order valence-electron chi connectivity index (χ2n) is 9.72. The van der Waals surface area contributed by atoms with E-state index in [2.05, 4.69) is 100 Å². The summed E-state index contributed by atoms with van der Waals surface area (Å²) in [6.45, 7) is 4.59. The van der Waals surface area contributed by atoms with Gasteiger partial charge in [-0.25, -0.2) is 0 Å². The van der Waals surface area contributed by atoms with Gasteiger partial charge in [0.2, 0.25) is 0 Å². The zero-order valence-corrected chi connectivity index (χ0v) is 19.9. The van der Waals surface area contributed by atoms with Crippen molar-refractivity contribution in [1.82, 2.24) is 19.6 Å². The van der Waals surface area contributed by atoms with Crippen LogP contribution in [0.1, 0.15) is 36.8 Å². The molecule has 4 nitrogen and oxygen atoms in total. The summed E-state index contributed by atoms with van der Waals surface area (Å²) in [5, 5.41) is 0. The van der Waals surface area contributed by atoms with Crippen LogP contribution in [-0.2, 0) is 13.1 Å². The predicted molar refractivity (Wildman–Crippen MR) is 124 cm³/mol. The summed E-state index contributed by atoms with van der Waals surface area (Å²) in [6.07, 6.45) is 5.78. The summed E-state index contributed by atoms with van der Waals surface area (Å²) in [7, 11) is 17.1. The smallest absolute Gasteiger partial charge is 0.0227 e. The molecule has 0 heterocycles. The average Bonchev–Trinajstić information content (AvgIpc) is 2.53. The summed E-state index contributed by atoms with van der Waals surface area (Å²) < 4.78 is 0. The first-order valence-electron chi connectivity index (χ1n) is 10.8. The van der Waals surface area contributed by atoms with Crippen LogP contribution in [-0.4, -0.2) is 89.1 Å². The van der Waals surface area contributed by atoms with Gasteiger partial charge in [0.05, 0.1) is 0 Å². The van der Waals surface area contributed by atoms with Crippen molar-refractivity contribution in [2.45, 2.75) is 38.8 Å². The van der Waals surface area contributed by atoms with Crippen molar-refractivity contribution in [1.29, 1.82) is 0 Å². The maximum atomic E-state index is 2.34. The van der Waals surface area contributed by atoms with Gasteiger partial charge in [0.15, 0.2) is 0 Å². The van der Waals surface area contributed by atoms with Crippen molar-refractivity contribution in [2.24, 2.45) is 11.8 Å². The number of benzene rings is 1. The van der Waals surface area contributed by atoms with Crippen LogP contribution in [0, 0.1) is 11.8 Å². The second kappa shape index (κ2) is 13.3. The highest BCUT2D eigenvalue weighted by Gasteiger charge is 2.22. The van der Waals surface area contributed by atoms with E-state index in [9.17, 15) is 0 Å². The zero-order chi connectivity index (χ0) is 21.1. The van der Waals surface area contributed by atoms with Gasteiger partial charge in [0.1, 0.15) is 0 Å². The lowest BCUT2D eigenvalue weighted by molar-refractivity contribution is 0.185. The Balaban J connectivity index is 0.000000280. The molecule has 0 bridgehead atoms. The lowest BCUT2D eigenvalue weighted by Gasteiger charge is -2.32. The third kappa shape index (κ3) is 11.8. The van der Waals surface area contributed by atoms with E-state index in [1.807, 2.05) is 0 Å². The normalized spacial score (nSPS) is 20.0. The molecule has 1 aromatic carbocycles. The van der Waals surface area contributed by atoms with Crippen LogP contribution in [0.2, 0.25) is 0 Å². The van der Waals surface area contributed by atoms with Gasteiger partial charge in [-0.05, 0) is 98.6 Å². The molecule has 0 N–H and O–H groups in total. The molecule has 162 valence electrons. The molecule has 1 aliphatic rings. The van der Waals surface area contributed by atoms with Crippen LogP contribution in [0.25, 0.3) is 0 Å². The van der Waals surface area contributed by atoms with Crippen molar-refractivity contribution in [3.63, 3.8) is 0 Å². The summed E-state index contributed by atoms with van der Waals surface area (Å²) in [5.74, 6) is 1.90. The van der Waals surface area contributed by atoms with Crippen molar-refractivity contribution in [3.05, 3.63) is 35.4 Å². The van der Waals surface area contributed by atoms with Crippen LogP contribution < -0.4 is 0 Å². The van der Waals surface area contributed by atoms with E-state index in [1.54, 1.807) is 0 Å². The van der Waals surface area contributed by atoms with E-state index in [1.165, 1.54) is 49.9 Å². The maximum Gasteiger partial charge on any atom is 0.0227 e. The highest BCUT2D eigenvalue weighted by atomic mass is 15.1. The van der Waals surface area contributed by atoms with Crippen LogP contribution in [0.3, 0.4) is 0 Å². The van der Waals surface area contributed by atoms with E-state index >= 15 is 0 Å². The molecule has 1 saturated carbocycles. The summed E-state index contributed by atoms with van der Waals surface area (Å²) >= 11 is 0. The highest BCUT2D eigenvalue weighted by Crippen LogP contribution is 2.29. The van der Waals surface area contributed by atoms with Crippen molar-refractivity contribution in [3.8, 4) is 0 Å². The van der Waals surface area contributed by atoms with E-state index < -0.39 is 0 Å². The summed E-state index contributed by atoms with van der Waals surface area (Å²) in [4.78, 5) is 9.05. The Bertz CT molecular complexity index is 484. The molecule has 2 rings (SSSR count). The Hall–Kier alpha value is -0.940. The quantitative estimate of drug-likeness (QED) is 0.670. The third-order valence-corrected chi connectivity index (χ3v) is 5.13. The minimum Gasteiger partial charge on any atom is -0.309 e. The third-order valence-electron chi connectivity index (χ3n) is 5.13. The first-order chi connectivity index (χ1) is 13.2. The number of hydrogen-bond acceptors (Lipinski definition) is 4. The Morgan fingerprint density at radius 2 is 1.11 bits per heavy atom. The lowest BCUT2D eigenvalue weighted by Crippen LogP contribution is -2.31. The molecule has 1 aliphatic carbocycles. The van der Waals surface area contributed by atoms with Crippen molar-refractivity contribution >= 4 is 0 Å². The minimum atomic E-state index is 0.948. The van der Waals surface area contributed by atoms with Gasteiger partial charge in [-0.1, -0.05) is 30.7 Å². The van der Waals surface area contributed by atoms with Gasteiger partial charge in [-0.15, -0.1) is 0 Å². The highest BCUT2D eigenvalue weighted by molar-refractivity contribution is 5.23. The Morgan fingerprint density at radius 3 is 1.46 bits per heavy atom. The number of rotatable bonds is 8. The van der Waals surface area contributed by atoms with Crippen LogP contribution in [0.5, 0.6) is 0 Å². The average molecular weight is 391 g/mol. The van der Waals surface area contributed by atoms with Crippen molar-refractivity contribution in [2.75, 3.05) is 69.5 Å². The fourth-order valence-electron chi connectivity index (χ4n) is 4.32. The van der Waals surface area contributed by atoms with Gasteiger partial charge >= 0.3 is 0 Å². The topological polar surface area (TPSA) is 13.0 Å². The van der Waals surface area contributed by atoms with Crippen LogP contribution in [0.4, 0.5) is 0 Å². The monoisotopic (exact) mass is 390 g/mol. The van der Waals surface area contributed by atoms with E-state index in [0.717, 1.165) is 24.9 Å². The summed E-state index contributed by atoms with van der Waals surface area (Å²) in [5.41, 5.74) is 2.77. The molecule has 0 aliphatic heterocycles. The molecule has 2 atom stereocenters. The molecule has 1 fully saturated rings. The van der Waals surface area contributed by atoms with Gasteiger partial charge in [-0.3, -0.25) is 0 Å². The van der Waals surface area contributed by atoms with Gasteiger partial charge in [-0.2, -0.15) is 0 Å². The molecule has 0 saturated heterocycles. The van der Waals surface area contributed by atoms with Crippen LogP contribution >= 0.6 is 0 Å². The van der Waals surface area contributed by atoms with Gasteiger partial charge in [0.25, 0.3) is 0 Å². The van der Waals surface area contributed by atoms with Gasteiger partial charge in [0, 0.05) is 26.2 Å². The van der Waals surface area contributed by atoms with E-state index in [4.69, 9.17) is 0 Å². The number of nitrogens with zero attached hydrogens (tertiary/aromatic N) is 4. The molecule has 0 radical (unpaired) electrons. The molecular formula is C24H46N4. The zero-order valence-electron chi connectivity index (χ0n) is 19.9. The maximum absolute atomic E-state index is 2.34. The number of hydrogen-bond donors (Lipinski definition) is 0. The summed E-state index contributed by atoms with van der Waals surface area (Å²) in [6, 6.07) is 8.77. The fraction of sp³-hybridized carbons (Fsp3) is 0.750. The fourth-order valence-corrected chi connectivity index (χ4v) is 4.32. The first-order valence-corrected chi connectivity index (χ1v) is 10.8. The van der Waals surface area contributed by atoms with Gasteiger partial charge < -0.3 is 19.6 Å². The Morgan fingerprint density at radius 1 is 0.679 bits per heavy atom. The molecule has 0 aromatic heterocycles. The standard InChI is InChI=1S/C12H26N2.C12H20N2/c2*1-13(2)9-11-6-5-7-12(8-11)10-14(3)4/h11-12H,5-10H2,1-4H3;5-8H,9-10H2,1-4H3. The molecule has 0 spiro atoms.